The molecule has 1 amide bonds. The van der Waals surface area contributed by atoms with Gasteiger partial charge in [0.1, 0.15) is 11.2 Å². The van der Waals surface area contributed by atoms with E-state index in [-0.39, 0.29) is 11.5 Å². The monoisotopic (exact) mass is 437 g/mol. The normalized spacial score (nSPS) is 11.2. The number of nitrogens with one attached hydrogen (secondary N) is 1. The number of carbonyl (C=O) groups is 1. The lowest BCUT2D eigenvalue weighted by molar-refractivity contribution is 0.101. The number of benzene rings is 1. The third kappa shape index (κ3) is 3.70. The summed E-state index contributed by atoms with van der Waals surface area (Å²) < 4.78 is 1.20. The van der Waals surface area contributed by atoms with Gasteiger partial charge < -0.3 is 0 Å². The molecule has 0 unspecified atom stereocenters. The second-order valence-electron chi connectivity index (χ2n) is 7.10. The molecule has 0 aliphatic rings. The highest BCUT2D eigenvalue weighted by Gasteiger charge is 2.19. The van der Waals surface area contributed by atoms with E-state index in [1.54, 1.807) is 0 Å². The molecular weight excluding hydrogens is 414 g/mol. The van der Waals surface area contributed by atoms with Gasteiger partial charge >= 0.3 is 0 Å². The molecule has 0 fully saturated rings. The fourth-order valence-corrected chi connectivity index (χ4v) is 5.86. The van der Waals surface area contributed by atoms with Crippen LogP contribution in [0.2, 0.25) is 0 Å². The number of amides is 1. The lowest BCUT2D eigenvalue weighted by Crippen LogP contribution is -2.32. The van der Waals surface area contributed by atoms with Crippen LogP contribution >= 0.6 is 22.7 Å². The Hall–Kier alpha value is -2.77. The van der Waals surface area contributed by atoms with Gasteiger partial charge in [0.2, 0.25) is 0 Å². The van der Waals surface area contributed by atoms with Crippen molar-refractivity contribution in [1.82, 2.24) is 9.66 Å². The fraction of sp³-hybridized carbons (Fsp3) is 0.261. The van der Waals surface area contributed by atoms with Gasteiger partial charge in [-0.3, -0.25) is 15.0 Å². The standard InChI is InChI=1S/C23H23N3O2S2/c1-4-9-17-15(5-2)12-18(30-17)21(27)25-26-13-24-22-20(23(26)28)19(14(3)29-22)16-10-7-6-8-11-16/h6-8,10-13H,4-5,9H2,1-3H3,(H,25,27). The molecular formula is C23H23N3O2S2. The molecule has 154 valence electrons. The number of thiophene rings is 2. The van der Waals surface area contributed by atoms with Crippen molar-refractivity contribution in [2.75, 3.05) is 5.43 Å². The number of fused-ring (bicyclic) bond motifs is 1. The van der Waals surface area contributed by atoms with Crippen molar-refractivity contribution in [3.63, 3.8) is 0 Å². The molecule has 3 heterocycles. The predicted molar refractivity (Wildman–Crippen MR) is 125 cm³/mol. The number of aromatic nitrogens is 2. The van der Waals surface area contributed by atoms with Crippen LogP contribution in [0.15, 0.2) is 47.5 Å². The first-order valence-corrected chi connectivity index (χ1v) is 11.7. The van der Waals surface area contributed by atoms with Crippen molar-refractivity contribution < 1.29 is 4.79 Å². The SMILES string of the molecule is CCCc1sc(C(=O)Nn2cnc3sc(C)c(-c4ccccc4)c3c2=O)cc1CC. The van der Waals surface area contributed by atoms with Gasteiger partial charge in [0.15, 0.2) is 0 Å². The van der Waals surface area contributed by atoms with E-state index in [0.717, 1.165) is 35.3 Å². The minimum Gasteiger partial charge on any atom is -0.267 e. The van der Waals surface area contributed by atoms with Crippen LogP contribution in [0, 0.1) is 6.92 Å². The molecule has 4 aromatic rings. The van der Waals surface area contributed by atoms with Crippen LogP contribution in [0.1, 0.15) is 45.3 Å². The first-order chi connectivity index (χ1) is 14.5. The van der Waals surface area contributed by atoms with Crippen molar-refractivity contribution in [2.45, 2.75) is 40.0 Å². The van der Waals surface area contributed by atoms with Crippen LogP contribution in [0.3, 0.4) is 0 Å². The molecule has 0 atom stereocenters. The van der Waals surface area contributed by atoms with E-state index >= 15 is 0 Å². The second kappa shape index (κ2) is 8.53. The van der Waals surface area contributed by atoms with Gasteiger partial charge in [-0.2, -0.15) is 0 Å². The topological polar surface area (TPSA) is 64.0 Å². The maximum Gasteiger partial charge on any atom is 0.281 e. The molecule has 7 heteroatoms. The third-order valence-electron chi connectivity index (χ3n) is 5.05. The molecule has 0 aliphatic heterocycles. The van der Waals surface area contributed by atoms with E-state index in [1.807, 2.05) is 43.3 Å². The zero-order chi connectivity index (χ0) is 21.3. The molecule has 30 heavy (non-hydrogen) atoms. The predicted octanol–water partition coefficient (Wildman–Crippen LogP) is 5.39. The summed E-state index contributed by atoms with van der Waals surface area (Å²) in [4.78, 5) is 34.1. The van der Waals surface area contributed by atoms with Crippen molar-refractivity contribution in [3.8, 4) is 11.1 Å². The maximum atomic E-state index is 13.3. The number of hydrogen-bond donors (Lipinski definition) is 1. The summed E-state index contributed by atoms with van der Waals surface area (Å²) in [6.45, 7) is 6.21. The van der Waals surface area contributed by atoms with E-state index in [4.69, 9.17) is 0 Å². The largest absolute Gasteiger partial charge is 0.281 e. The molecule has 0 saturated carbocycles. The second-order valence-corrected chi connectivity index (χ2v) is 9.44. The molecule has 1 N–H and O–H groups in total. The zero-order valence-corrected chi connectivity index (χ0v) is 18.8. The van der Waals surface area contributed by atoms with E-state index in [9.17, 15) is 9.59 Å². The van der Waals surface area contributed by atoms with Gasteiger partial charge in [0, 0.05) is 15.3 Å². The molecule has 4 rings (SSSR count). The summed E-state index contributed by atoms with van der Waals surface area (Å²) in [5, 5.41) is 0.540. The summed E-state index contributed by atoms with van der Waals surface area (Å²) in [6, 6.07) is 11.7. The Balaban J connectivity index is 1.73. The summed E-state index contributed by atoms with van der Waals surface area (Å²) >= 11 is 2.99. The van der Waals surface area contributed by atoms with Crippen molar-refractivity contribution in [1.29, 1.82) is 0 Å². The van der Waals surface area contributed by atoms with Crippen LogP contribution in [-0.4, -0.2) is 15.6 Å². The smallest absolute Gasteiger partial charge is 0.267 e. The van der Waals surface area contributed by atoms with E-state index in [1.165, 1.54) is 44.1 Å². The van der Waals surface area contributed by atoms with E-state index in [0.29, 0.717) is 15.1 Å². The van der Waals surface area contributed by atoms with Gasteiger partial charge in [0.05, 0.1) is 10.3 Å². The quantitative estimate of drug-likeness (QED) is 0.440. The first kappa shape index (κ1) is 20.5. The van der Waals surface area contributed by atoms with Gasteiger partial charge in [-0.1, -0.05) is 50.6 Å². The van der Waals surface area contributed by atoms with Crippen LogP contribution in [0.4, 0.5) is 0 Å². The van der Waals surface area contributed by atoms with Crippen LogP contribution in [0.5, 0.6) is 0 Å². The Morgan fingerprint density at radius 3 is 2.63 bits per heavy atom. The molecule has 0 radical (unpaired) electrons. The van der Waals surface area contributed by atoms with Gasteiger partial charge in [-0.05, 0) is 37.0 Å². The van der Waals surface area contributed by atoms with Gasteiger partial charge in [-0.15, -0.1) is 22.7 Å². The third-order valence-corrected chi connectivity index (χ3v) is 7.30. The van der Waals surface area contributed by atoms with Crippen molar-refractivity contribution >= 4 is 38.8 Å². The summed E-state index contributed by atoms with van der Waals surface area (Å²) in [7, 11) is 0. The van der Waals surface area contributed by atoms with Crippen molar-refractivity contribution in [2.24, 2.45) is 0 Å². The van der Waals surface area contributed by atoms with Gasteiger partial charge in [0.25, 0.3) is 11.5 Å². The minimum absolute atomic E-state index is 0.266. The van der Waals surface area contributed by atoms with E-state index < -0.39 is 0 Å². The highest BCUT2D eigenvalue weighted by Crippen LogP contribution is 2.35. The molecule has 3 aromatic heterocycles. The average Bonchev–Trinajstić information content (AvgIpc) is 3.31. The highest BCUT2D eigenvalue weighted by molar-refractivity contribution is 7.19. The number of nitrogens with zero attached hydrogens (tertiary/aromatic N) is 2. The molecule has 0 saturated heterocycles. The molecule has 0 spiro atoms. The number of hydrogen-bond acceptors (Lipinski definition) is 5. The summed E-state index contributed by atoms with van der Waals surface area (Å²) in [5.74, 6) is -0.284. The fourth-order valence-electron chi connectivity index (χ4n) is 3.62. The number of carbonyl (C=O) groups excluding carboxylic acids is 1. The highest BCUT2D eigenvalue weighted by atomic mass is 32.1. The van der Waals surface area contributed by atoms with Crippen LogP contribution in [-0.2, 0) is 12.8 Å². The average molecular weight is 438 g/mol. The Labute approximate surface area is 183 Å². The Morgan fingerprint density at radius 1 is 1.17 bits per heavy atom. The molecule has 0 aliphatic carbocycles. The first-order valence-electron chi connectivity index (χ1n) is 10.0. The van der Waals surface area contributed by atoms with Crippen molar-refractivity contribution in [3.05, 3.63) is 73.3 Å². The lowest BCUT2D eigenvalue weighted by atomic mass is 10.0. The summed E-state index contributed by atoms with van der Waals surface area (Å²) in [6.07, 6.45) is 4.29. The molecule has 5 nitrogen and oxygen atoms in total. The molecule has 1 aromatic carbocycles. The minimum atomic E-state index is -0.284. The summed E-state index contributed by atoms with van der Waals surface area (Å²) in [5.41, 5.74) is 5.52. The van der Waals surface area contributed by atoms with E-state index in [2.05, 4.69) is 24.3 Å². The Kier molecular flexibility index (Phi) is 5.83. The molecule has 0 bridgehead atoms. The number of aryl methyl sites for hydroxylation is 3. The Bertz CT molecular complexity index is 1270. The Morgan fingerprint density at radius 2 is 1.93 bits per heavy atom. The maximum absolute atomic E-state index is 13.3. The lowest BCUT2D eigenvalue weighted by Gasteiger charge is -2.07. The zero-order valence-electron chi connectivity index (χ0n) is 17.2. The number of rotatable bonds is 6. The van der Waals surface area contributed by atoms with Crippen LogP contribution < -0.4 is 11.0 Å². The van der Waals surface area contributed by atoms with Gasteiger partial charge in [-0.25, -0.2) is 9.66 Å². The van der Waals surface area contributed by atoms with Crippen LogP contribution in [0.25, 0.3) is 21.3 Å².